The maximum Gasteiger partial charge on any atom is 0.204 e. The van der Waals surface area contributed by atoms with E-state index in [0.29, 0.717) is 34.1 Å². The molecule has 2 rings (SSSR count). The van der Waals surface area contributed by atoms with E-state index in [9.17, 15) is 4.39 Å². The molecule has 1 aromatic carbocycles. The highest BCUT2D eigenvalue weighted by atomic mass is 79.9. The Labute approximate surface area is 124 Å². The van der Waals surface area contributed by atoms with Crippen molar-refractivity contribution < 1.29 is 9.13 Å². The molecule has 7 heteroatoms. The van der Waals surface area contributed by atoms with Crippen molar-refractivity contribution in [2.24, 2.45) is 0 Å². The summed E-state index contributed by atoms with van der Waals surface area (Å²) < 4.78 is 19.8. The number of hydrogen-bond acceptors (Lipinski definition) is 5. The van der Waals surface area contributed by atoms with Crippen LogP contribution in [0.2, 0.25) is 0 Å². The van der Waals surface area contributed by atoms with Crippen LogP contribution in [0.3, 0.4) is 0 Å². The Bertz CT molecular complexity index is 609. The number of anilines is 3. The first kappa shape index (κ1) is 14.5. The van der Waals surface area contributed by atoms with Crippen LogP contribution in [0.25, 0.3) is 0 Å². The smallest absolute Gasteiger partial charge is 0.204 e. The van der Waals surface area contributed by atoms with Crippen molar-refractivity contribution in [2.75, 3.05) is 24.3 Å². The van der Waals surface area contributed by atoms with Gasteiger partial charge in [0, 0.05) is 11.0 Å². The van der Waals surface area contributed by atoms with Crippen molar-refractivity contribution >= 4 is 33.3 Å². The molecule has 0 fully saturated rings. The summed E-state index contributed by atoms with van der Waals surface area (Å²) in [6.45, 7) is 2.64. The molecule has 0 saturated heterocycles. The number of ether oxygens (including phenoxy) is 1. The summed E-state index contributed by atoms with van der Waals surface area (Å²) in [6.07, 6.45) is 1.39. The molecular weight excluding hydrogens is 327 g/mol. The maximum atomic E-state index is 13.8. The molecule has 0 atom stereocenters. The summed E-state index contributed by atoms with van der Waals surface area (Å²) >= 11 is 3.21. The Morgan fingerprint density at radius 2 is 2.05 bits per heavy atom. The van der Waals surface area contributed by atoms with E-state index < -0.39 is 0 Å². The van der Waals surface area contributed by atoms with Gasteiger partial charge < -0.3 is 15.4 Å². The molecule has 0 spiro atoms. The molecule has 20 heavy (non-hydrogen) atoms. The third-order valence-corrected chi connectivity index (χ3v) is 3.03. The monoisotopic (exact) mass is 340 g/mol. The van der Waals surface area contributed by atoms with Gasteiger partial charge in [-0.05, 0) is 25.1 Å². The second kappa shape index (κ2) is 6.51. The quantitative estimate of drug-likeness (QED) is 0.871. The predicted molar refractivity (Wildman–Crippen MR) is 80.1 cm³/mol. The van der Waals surface area contributed by atoms with E-state index in [1.54, 1.807) is 12.1 Å². The van der Waals surface area contributed by atoms with Gasteiger partial charge in [-0.15, -0.1) is 0 Å². The normalized spacial score (nSPS) is 10.2. The first-order chi connectivity index (χ1) is 9.65. The van der Waals surface area contributed by atoms with E-state index in [1.165, 1.54) is 19.5 Å². The molecule has 2 aromatic rings. The van der Waals surface area contributed by atoms with Crippen LogP contribution in [0.5, 0.6) is 5.75 Å². The molecule has 0 unspecified atom stereocenters. The van der Waals surface area contributed by atoms with Gasteiger partial charge in [0.15, 0.2) is 11.6 Å². The van der Waals surface area contributed by atoms with Crippen LogP contribution in [-0.4, -0.2) is 23.6 Å². The van der Waals surface area contributed by atoms with Gasteiger partial charge in [0.05, 0.1) is 12.8 Å². The first-order valence-corrected chi connectivity index (χ1v) is 6.80. The van der Waals surface area contributed by atoms with Crippen LogP contribution < -0.4 is 15.4 Å². The van der Waals surface area contributed by atoms with Crippen molar-refractivity contribution in [3.05, 3.63) is 34.8 Å². The zero-order valence-corrected chi connectivity index (χ0v) is 12.7. The Balaban J connectivity index is 2.35. The second-order valence-corrected chi connectivity index (χ2v) is 4.80. The van der Waals surface area contributed by atoms with Crippen LogP contribution in [0.1, 0.15) is 6.92 Å². The lowest BCUT2D eigenvalue weighted by Crippen LogP contribution is -2.06. The minimum atomic E-state index is -0.384. The van der Waals surface area contributed by atoms with Gasteiger partial charge in [-0.2, -0.15) is 0 Å². The topological polar surface area (TPSA) is 59.1 Å². The van der Waals surface area contributed by atoms with Crippen LogP contribution in [0, 0.1) is 5.82 Å². The lowest BCUT2D eigenvalue weighted by atomic mass is 10.3. The van der Waals surface area contributed by atoms with E-state index in [-0.39, 0.29) is 5.82 Å². The Hall–Kier alpha value is -1.89. The summed E-state index contributed by atoms with van der Waals surface area (Å²) in [5.41, 5.74) is 0.313. The van der Waals surface area contributed by atoms with Crippen molar-refractivity contribution in [1.29, 1.82) is 0 Å². The molecular formula is C13H14BrFN4O. The van der Waals surface area contributed by atoms with Crippen LogP contribution in [-0.2, 0) is 0 Å². The second-order valence-electron chi connectivity index (χ2n) is 3.88. The first-order valence-electron chi connectivity index (χ1n) is 6.00. The molecule has 0 amide bonds. The number of hydrogen-bond donors (Lipinski definition) is 2. The van der Waals surface area contributed by atoms with E-state index >= 15 is 0 Å². The molecule has 0 radical (unpaired) electrons. The molecule has 0 aliphatic heterocycles. The SMILES string of the molecule is CCNc1ncnc(Nc2ccc(Br)cc2F)c1OC. The predicted octanol–water partition coefficient (Wildman–Crippen LogP) is 3.56. The Morgan fingerprint density at radius 1 is 1.30 bits per heavy atom. The number of aromatic nitrogens is 2. The standard InChI is InChI=1S/C13H14BrFN4O/c1-3-16-12-11(20-2)13(18-7-17-12)19-10-5-4-8(14)6-9(10)15/h4-7H,3H2,1-2H3,(H2,16,17,18,19). The van der Waals surface area contributed by atoms with Gasteiger partial charge in [0.25, 0.3) is 0 Å². The molecule has 0 bridgehead atoms. The molecule has 2 N–H and O–H groups in total. The average molecular weight is 341 g/mol. The fourth-order valence-electron chi connectivity index (χ4n) is 1.67. The molecule has 106 valence electrons. The van der Waals surface area contributed by atoms with E-state index in [2.05, 4.69) is 36.5 Å². The Kier molecular flexibility index (Phi) is 4.73. The Morgan fingerprint density at radius 3 is 2.70 bits per heavy atom. The highest BCUT2D eigenvalue weighted by Gasteiger charge is 2.13. The number of methoxy groups -OCH3 is 1. The van der Waals surface area contributed by atoms with Crippen LogP contribution in [0.4, 0.5) is 21.7 Å². The lowest BCUT2D eigenvalue weighted by molar-refractivity contribution is 0.415. The molecule has 1 heterocycles. The zero-order valence-electron chi connectivity index (χ0n) is 11.1. The minimum absolute atomic E-state index is 0.313. The summed E-state index contributed by atoms with van der Waals surface area (Å²) in [5.74, 6) is 1.02. The minimum Gasteiger partial charge on any atom is -0.490 e. The lowest BCUT2D eigenvalue weighted by Gasteiger charge is -2.14. The summed E-state index contributed by atoms with van der Waals surface area (Å²) in [7, 11) is 1.52. The van der Waals surface area contributed by atoms with E-state index in [4.69, 9.17) is 4.74 Å². The van der Waals surface area contributed by atoms with Gasteiger partial charge in [-0.3, -0.25) is 0 Å². The van der Waals surface area contributed by atoms with Crippen LogP contribution in [0.15, 0.2) is 29.0 Å². The molecule has 0 aliphatic carbocycles. The maximum absolute atomic E-state index is 13.8. The van der Waals surface area contributed by atoms with Gasteiger partial charge in [-0.25, -0.2) is 14.4 Å². The average Bonchev–Trinajstić information content (AvgIpc) is 2.42. The number of halogens is 2. The van der Waals surface area contributed by atoms with E-state index in [1.807, 2.05) is 6.92 Å². The number of benzene rings is 1. The van der Waals surface area contributed by atoms with Gasteiger partial charge in [0.1, 0.15) is 12.1 Å². The summed E-state index contributed by atoms with van der Waals surface area (Å²) in [5, 5.41) is 5.97. The molecule has 1 aromatic heterocycles. The molecule has 0 aliphatic rings. The molecule has 0 saturated carbocycles. The largest absolute Gasteiger partial charge is 0.490 e. The van der Waals surface area contributed by atoms with Gasteiger partial charge >= 0.3 is 0 Å². The van der Waals surface area contributed by atoms with Crippen molar-refractivity contribution in [1.82, 2.24) is 9.97 Å². The zero-order chi connectivity index (χ0) is 14.5. The van der Waals surface area contributed by atoms with Gasteiger partial charge in [-0.1, -0.05) is 15.9 Å². The number of nitrogens with one attached hydrogen (secondary N) is 2. The third-order valence-electron chi connectivity index (χ3n) is 2.54. The number of rotatable bonds is 5. The highest BCUT2D eigenvalue weighted by Crippen LogP contribution is 2.32. The fourth-order valence-corrected chi connectivity index (χ4v) is 2.00. The van der Waals surface area contributed by atoms with Crippen molar-refractivity contribution in [3.8, 4) is 5.75 Å². The molecule has 5 nitrogen and oxygen atoms in total. The van der Waals surface area contributed by atoms with Gasteiger partial charge in [0.2, 0.25) is 5.75 Å². The third kappa shape index (κ3) is 3.16. The fraction of sp³-hybridized carbons (Fsp3) is 0.231. The van der Waals surface area contributed by atoms with Crippen molar-refractivity contribution in [2.45, 2.75) is 6.92 Å². The summed E-state index contributed by atoms with van der Waals surface area (Å²) in [6, 6.07) is 4.74. The van der Waals surface area contributed by atoms with Crippen molar-refractivity contribution in [3.63, 3.8) is 0 Å². The number of nitrogens with zero attached hydrogens (tertiary/aromatic N) is 2. The summed E-state index contributed by atoms with van der Waals surface area (Å²) in [4.78, 5) is 8.18. The highest BCUT2D eigenvalue weighted by molar-refractivity contribution is 9.10. The van der Waals surface area contributed by atoms with Crippen LogP contribution >= 0.6 is 15.9 Å². The van der Waals surface area contributed by atoms with E-state index in [0.717, 1.165) is 0 Å².